The van der Waals surface area contributed by atoms with E-state index in [1.165, 1.54) is 4.90 Å². The number of nitrogens with zero attached hydrogens (tertiary/aromatic N) is 5. The van der Waals surface area contributed by atoms with Gasteiger partial charge in [-0.15, -0.1) is 10.2 Å². The molecule has 1 N–H and O–H groups in total. The summed E-state index contributed by atoms with van der Waals surface area (Å²) in [7, 11) is 0. The Morgan fingerprint density at radius 3 is 3.00 bits per heavy atom. The van der Waals surface area contributed by atoms with Gasteiger partial charge < -0.3 is 4.90 Å². The Labute approximate surface area is 139 Å². The van der Waals surface area contributed by atoms with Crippen LogP contribution in [0.1, 0.15) is 24.3 Å². The third-order valence-electron chi connectivity index (χ3n) is 4.43. The van der Waals surface area contributed by atoms with Gasteiger partial charge in [-0.2, -0.15) is 18.3 Å². The average Bonchev–Trinajstić information content (AvgIpc) is 3.22. The van der Waals surface area contributed by atoms with Crippen molar-refractivity contribution in [3.8, 4) is 0 Å². The van der Waals surface area contributed by atoms with Crippen molar-refractivity contribution in [1.29, 1.82) is 0 Å². The topological polar surface area (TPSA) is 87.7 Å². The van der Waals surface area contributed by atoms with Crippen LogP contribution in [0.3, 0.4) is 0 Å². The highest BCUT2D eigenvalue weighted by Crippen LogP contribution is 2.34. The van der Waals surface area contributed by atoms with E-state index in [4.69, 9.17) is 0 Å². The summed E-state index contributed by atoms with van der Waals surface area (Å²) < 4.78 is 37.3. The van der Waals surface area contributed by atoms with Crippen LogP contribution in [-0.4, -0.2) is 55.5 Å². The predicted octanol–water partition coefficient (Wildman–Crippen LogP) is 2.17. The number of H-pyrrole nitrogens is 1. The molecule has 0 radical (unpaired) electrons. The second kappa shape index (κ2) is 5.64. The number of aromatic amines is 1. The van der Waals surface area contributed by atoms with Crippen molar-refractivity contribution in [1.82, 2.24) is 30.3 Å². The van der Waals surface area contributed by atoms with Gasteiger partial charge in [-0.1, -0.05) is 0 Å². The van der Waals surface area contributed by atoms with E-state index in [0.717, 1.165) is 16.3 Å². The Hall–Kier alpha value is -2.78. The van der Waals surface area contributed by atoms with Crippen molar-refractivity contribution in [2.45, 2.75) is 24.9 Å². The van der Waals surface area contributed by atoms with Crippen LogP contribution in [0.25, 0.3) is 22.1 Å². The maximum Gasteiger partial charge on any atom is 0.397 e. The number of aromatic nitrogens is 5. The standard InChI is InChI=1S/C15H13F3N6O/c16-15(17,18)5-11(25)24-4-2-8(7-24)10-6-20-21-14-12(10)9-1-3-19-13(9)22-23-14/h1,3,6,8H,2,4-5,7H2,(H,21,23). The van der Waals surface area contributed by atoms with Gasteiger partial charge >= 0.3 is 6.18 Å². The normalized spacial score (nSPS) is 18.4. The molecule has 0 aromatic carbocycles. The smallest absolute Gasteiger partial charge is 0.342 e. The van der Waals surface area contributed by atoms with Crippen molar-refractivity contribution >= 4 is 28.0 Å². The number of fused-ring (bicyclic) bond motifs is 3. The predicted molar refractivity (Wildman–Crippen MR) is 81.6 cm³/mol. The van der Waals surface area contributed by atoms with Gasteiger partial charge in [0, 0.05) is 36.0 Å². The van der Waals surface area contributed by atoms with E-state index < -0.39 is 18.5 Å². The highest BCUT2D eigenvalue weighted by atomic mass is 19.4. The first-order valence-electron chi connectivity index (χ1n) is 7.71. The number of carbonyl (C=O) groups excluding carboxylic acids is 1. The number of hydrogen-bond donors (Lipinski definition) is 1. The number of rotatable bonds is 2. The van der Waals surface area contributed by atoms with Gasteiger partial charge in [-0.3, -0.25) is 9.89 Å². The van der Waals surface area contributed by atoms with Crippen LogP contribution in [0.4, 0.5) is 13.2 Å². The number of likely N-dealkylation sites (tertiary alicyclic amines) is 1. The first-order chi connectivity index (χ1) is 11.9. The Balaban J connectivity index is 1.67. The van der Waals surface area contributed by atoms with Crippen LogP contribution in [0.15, 0.2) is 18.5 Å². The Morgan fingerprint density at radius 1 is 1.36 bits per heavy atom. The lowest BCUT2D eigenvalue weighted by atomic mass is 9.96. The van der Waals surface area contributed by atoms with Gasteiger partial charge in [0.25, 0.3) is 0 Å². The van der Waals surface area contributed by atoms with E-state index in [2.05, 4.69) is 25.4 Å². The molecule has 4 heterocycles. The highest BCUT2D eigenvalue weighted by Gasteiger charge is 2.36. The fourth-order valence-corrected chi connectivity index (χ4v) is 3.31. The Bertz CT molecular complexity index is 953. The minimum atomic E-state index is -4.49. The molecule has 0 bridgehead atoms. The lowest BCUT2D eigenvalue weighted by Crippen LogP contribution is -2.32. The Kier molecular flexibility index (Phi) is 3.55. The SMILES string of the molecule is O=C(CC(F)(F)F)N1CCC(c2cn[nH]c3nnc4nccc4c23)C1. The minimum absolute atomic E-state index is 0.107. The van der Waals surface area contributed by atoms with Crippen molar-refractivity contribution in [2.24, 2.45) is 0 Å². The number of amides is 1. The second-order valence-corrected chi connectivity index (χ2v) is 6.05. The van der Waals surface area contributed by atoms with Crippen molar-refractivity contribution in [3.05, 3.63) is 24.0 Å². The van der Waals surface area contributed by atoms with Gasteiger partial charge in [0.15, 0.2) is 11.3 Å². The van der Waals surface area contributed by atoms with Crippen LogP contribution >= 0.6 is 0 Å². The minimum Gasteiger partial charge on any atom is -0.342 e. The van der Waals surface area contributed by atoms with Crippen LogP contribution < -0.4 is 0 Å². The van der Waals surface area contributed by atoms with Crippen LogP contribution in [0.5, 0.6) is 0 Å². The summed E-state index contributed by atoms with van der Waals surface area (Å²) in [4.78, 5) is 17.2. The summed E-state index contributed by atoms with van der Waals surface area (Å²) in [5.74, 6) is -1.00. The molecular formula is C15H13F3N6O. The molecule has 3 aromatic heterocycles. The summed E-state index contributed by atoms with van der Waals surface area (Å²) in [6, 6.07) is 1.81. The number of halogens is 3. The van der Waals surface area contributed by atoms with E-state index >= 15 is 0 Å². The Morgan fingerprint density at radius 2 is 2.20 bits per heavy atom. The first-order valence-corrected chi connectivity index (χ1v) is 7.71. The van der Waals surface area contributed by atoms with Crippen molar-refractivity contribution in [2.75, 3.05) is 13.1 Å². The molecule has 25 heavy (non-hydrogen) atoms. The molecule has 3 aromatic rings. The lowest BCUT2D eigenvalue weighted by Gasteiger charge is -2.18. The molecule has 1 aliphatic rings. The van der Waals surface area contributed by atoms with E-state index in [1.54, 1.807) is 12.4 Å². The van der Waals surface area contributed by atoms with Crippen LogP contribution in [-0.2, 0) is 4.79 Å². The zero-order chi connectivity index (χ0) is 17.6. The molecule has 0 saturated carbocycles. The number of alkyl halides is 3. The number of nitrogens with one attached hydrogen (secondary N) is 1. The molecule has 7 nitrogen and oxygen atoms in total. The average molecular weight is 350 g/mol. The fourth-order valence-electron chi connectivity index (χ4n) is 3.31. The summed E-state index contributed by atoms with van der Waals surface area (Å²) in [5, 5.41) is 16.5. The molecule has 1 amide bonds. The van der Waals surface area contributed by atoms with E-state index in [-0.39, 0.29) is 12.5 Å². The molecule has 1 unspecified atom stereocenters. The zero-order valence-corrected chi connectivity index (χ0v) is 12.9. The second-order valence-electron chi connectivity index (χ2n) is 6.05. The van der Waals surface area contributed by atoms with Crippen LogP contribution in [0, 0.1) is 0 Å². The van der Waals surface area contributed by atoms with Crippen molar-refractivity contribution in [3.63, 3.8) is 0 Å². The lowest BCUT2D eigenvalue weighted by molar-refractivity contribution is -0.160. The highest BCUT2D eigenvalue weighted by molar-refractivity contribution is 6.03. The third kappa shape index (κ3) is 2.87. The van der Waals surface area contributed by atoms with Crippen LogP contribution in [0.2, 0.25) is 0 Å². The molecular weight excluding hydrogens is 337 g/mol. The van der Waals surface area contributed by atoms with Crippen molar-refractivity contribution < 1.29 is 18.0 Å². The molecule has 4 rings (SSSR count). The van der Waals surface area contributed by atoms with Gasteiger partial charge in [0.05, 0.1) is 6.20 Å². The van der Waals surface area contributed by atoms with E-state index in [1.807, 2.05) is 6.07 Å². The third-order valence-corrected chi connectivity index (χ3v) is 4.43. The quantitative estimate of drug-likeness (QED) is 0.765. The molecule has 130 valence electrons. The maximum atomic E-state index is 12.4. The summed E-state index contributed by atoms with van der Waals surface area (Å²) in [6.07, 6.45) is -2.09. The monoisotopic (exact) mass is 350 g/mol. The largest absolute Gasteiger partial charge is 0.397 e. The summed E-state index contributed by atoms with van der Waals surface area (Å²) in [6.45, 7) is 0.522. The summed E-state index contributed by atoms with van der Waals surface area (Å²) in [5.41, 5.74) is 1.82. The van der Waals surface area contributed by atoms with Gasteiger partial charge in [-0.25, -0.2) is 4.98 Å². The zero-order valence-electron chi connectivity index (χ0n) is 12.9. The van der Waals surface area contributed by atoms with Gasteiger partial charge in [0.1, 0.15) is 6.42 Å². The number of hydrogen-bond acceptors (Lipinski definition) is 5. The first kappa shape index (κ1) is 15.7. The summed E-state index contributed by atoms with van der Waals surface area (Å²) >= 11 is 0. The molecule has 1 saturated heterocycles. The van der Waals surface area contributed by atoms with Gasteiger partial charge in [0.2, 0.25) is 5.91 Å². The molecule has 1 atom stereocenters. The number of carbonyl (C=O) groups is 1. The molecule has 0 aliphatic carbocycles. The molecule has 1 aliphatic heterocycles. The van der Waals surface area contributed by atoms with Gasteiger partial charge in [-0.05, 0) is 18.1 Å². The van der Waals surface area contributed by atoms with E-state index in [0.29, 0.717) is 24.3 Å². The molecule has 1 fully saturated rings. The fraction of sp³-hybridized carbons (Fsp3) is 0.400. The maximum absolute atomic E-state index is 12.4. The molecule has 0 spiro atoms. The van der Waals surface area contributed by atoms with E-state index in [9.17, 15) is 18.0 Å². The molecule has 10 heteroatoms.